The minimum atomic E-state index is -0.390. The van der Waals surface area contributed by atoms with Gasteiger partial charge in [-0.25, -0.2) is 4.79 Å². The predicted octanol–water partition coefficient (Wildman–Crippen LogP) is 5.22. The van der Waals surface area contributed by atoms with Crippen molar-refractivity contribution >= 4 is 40.5 Å². The molecule has 0 saturated carbocycles. The molecule has 0 radical (unpaired) electrons. The van der Waals surface area contributed by atoms with Crippen molar-refractivity contribution in [1.82, 2.24) is 4.57 Å². The fourth-order valence-corrected chi connectivity index (χ4v) is 3.97. The zero-order chi connectivity index (χ0) is 20.5. The second-order valence-corrected chi connectivity index (χ2v) is 7.27. The minimum Gasteiger partial charge on any atom is -0.408 e. The van der Waals surface area contributed by atoms with Crippen LogP contribution in [0.5, 0.6) is 0 Å². The molecule has 0 fully saturated rings. The normalized spacial score (nSPS) is 12.5. The van der Waals surface area contributed by atoms with Crippen LogP contribution in [-0.2, 0) is 11.3 Å². The van der Waals surface area contributed by atoms with Crippen LogP contribution < -0.4 is 10.7 Å². The summed E-state index contributed by atoms with van der Waals surface area (Å²) >= 11 is 0. The Labute approximate surface area is 173 Å². The van der Waals surface area contributed by atoms with Gasteiger partial charge < -0.3 is 4.42 Å². The van der Waals surface area contributed by atoms with Gasteiger partial charge >= 0.3 is 5.76 Å². The average molecular weight is 396 g/mol. The van der Waals surface area contributed by atoms with E-state index in [-0.39, 0.29) is 5.91 Å². The van der Waals surface area contributed by atoms with Crippen LogP contribution in [0.2, 0.25) is 0 Å². The lowest BCUT2D eigenvalue weighted by molar-refractivity contribution is -0.118. The molecule has 1 aliphatic heterocycles. The van der Waals surface area contributed by atoms with Crippen molar-refractivity contribution in [2.24, 2.45) is 0 Å². The molecule has 0 N–H and O–H groups in total. The summed E-state index contributed by atoms with van der Waals surface area (Å²) in [6.45, 7) is 0.428. The van der Waals surface area contributed by atoms with E-state index < -0.39 is 5.76 Å². The first-order valence-corrected chi connectivity index (χ1v) is 10.00. The number of fused-ring (bicyclic) bond motifs is 3. The van der Waals surface area contributed by atoms with Gasteiger partial charge in [0.1, 0.15) is 0 Å². The first-order chi connectivity index (χ1) is 14.7. The summed E-state index contributed by atoms with van der Waals surface area (Å²) in [5.74, 6) is -0.391. The predicted molar refractivity (Wildman–Crippen MR) is 119 cm³/mol. The van der Waals surface area contributed by atoms with E-state index in [9.17, 15) is 9.59 Å². The molecule has 5 heteroatoms. The molecule has 0 spiro atoms. The highest BCUT2D eigenvalue weighted by atomic mass is 16.4. The molecule has 0 saturated heterocycles. The van der Waals surface area contributed by atoms with Gasteiger partial charge in [-0.2, -0.15) is 0 Å². The van der Waals surface area contributed by atoms with E-state index in [0.717, 1.165) is 28.0 Å². The average Bonchev–Trinajstić information content (AvgIpc) is 2.98. The number of carbonyl (C=O) groups is 1. The van der Waals surface area contributed by atoms with Crippen LogP contribution in [0.25, 0.3) is 23.3 Å². The standard InChI is InChI=1S/C25H20N2O3/c28-24(14-7-17-26-22-12-5-6-13-23(22)30-25(26)29)27-20-10-3-1-8-18(20)15-16-19-9-2-4-11-21(19)27/h1-6,8-13,15-16H,7,14,17H2. The summed E-state index contributed by atoms with van der Waals surface area (Å²) in [6.07, 6.45) is 4.93. The van der Waals surface area contributed by atoms with Crippen molar-refractivity contribution in [3.63, 3.8) is 0 Å². The molecule has 5 rings (SSSR count). The van der Waals surface area contributed by atoms with Gasteiger partial charge in [-0.3, -0.25) is 14.3 Å². The molecule has 1 aliphatic rings. The van der Waals surface area contributed by atoms with E-state index in [4.69, 9.17) is 4.42 Å². The zero-order valence-electron chi connectivity index (χ0n) is 16.3. The largest absolute Gasteiger partial charge is 0.419 e. The molecule has 0 unspecified atom stereocenters. The van der Waals surface area contributed by atoms with Crippen molar-refractivity contribution in [3.05, 3.63) is 94.5 Å². The molecule has 3 aromatic carbocycles. The number of rotatable bonds is 4. The molecule has 0 bridgehead atoms. The highest BCUT2D eigenvalue weighted by Crippen LogP contribution is 2.36. The van der Waals surface area contributed by atoms with Crippen LogP contribution in [0.1, 0.15) is 24.0 Å². The maximum atomic E-state index is 13.3. The van der Waals surface area contributed by atoms with Gasteiger partial charge in [0.05, 0.1) is 16.9 Å². The van der Waals surface area contributed by atoms with Crippen LogP contribution in [-0.4, -0.2) is 10.5 Å². The second kappa shape index (κ2) is 7.52. The molecule has 2 heterocycles. The van der Waals surface area contributed by atoms with Gasteiger partial charge in [-0.15, -0.1) is 0 Å². The summed E-state index contributed by atoms with van der Waals surface area (Å²) in [5.41, 5.74) is 5.06. The molecule has 1 amide bonds. The Kier molecular flexibility index (Phi) is 4.56. The van der Waals surface area contributed by atoms with Crippen LogP contribution in [0.3, 0.4) is 0 Å². The number of carbonyl (C=O) groups excluding carboxylic acids is 1. The third kappa shape index (κ3) is 3.14. The highest BCUT2D eigenvalue weighted by molar-refractivity contribution is 6.06. The maximum Gasteiger partial charge on any atom is 0.419 e. The summed E-state index contributed by atoms with van der Waals surface area (Å²) in [5, 5.41) is 0. The molecule has 5 nitrogen and oxygen atoms in total. The maximum absolute atomic E-state index is 13.3. The lowest BCUT2D eigenvalue weighted by atomic mass is 10.1. The third-order valence-corrected chi connectivity index (χ3v) is 5.39. The number of hydrogen-bond acceptors (Lipinski definition) is 3. The monoisotopic (exact) mass is 396 g/mol. The van der Waals surface area contributed by atoms with Crippen LogP contribution in [0.15, 0.2) is 82.0 Å². The quantitative estimate of drug-likeness (QED) is 0.475. The van der Waals surface area contributed by atoms with Gasteiger partial charge in [0.25, 0.3) is 0 Å². The number of benzene rings is 3. The van der Waals surface area contributed by atoms with Gasteiger partial charge in [0.15, 0.2) is 5.58 Å². The molecular formula is C25H20N2O3. The molecule has 1 aromatic heterocycles. The SMILES string of the molecule is O=C(CCCn1c(=O)oc2ccccc21)N1c2ccccc2C=Cc2ccccc21. The Bertz CT molecular complexity index is 1280. The number of amides is 1. The lowest BCUT2D eigenvalue weighted by Crippen LogP contribution is -2.27. The zero-order valence-corrected chi connectivity index (χ0v) is 16.3. The van der Waals surface area contributed by atoms with E-state index in [1.54, 1.807) is 15.5 Å². The van der Waals surface area contributed by atoms with Crippen LogP contribution >= 0.6 is 0 Å². The Balaban J connectivity index is 1.42. The summed E-state index contributed by atoms with van der Waals surface area (Å²) in [7, 11) is 0. The number of aryl methyl sites for hydroxylation is 1. The number of anilines is 2. The fraction of sp³-hybridized carbons (Fsp3) is 0.120. The van der Waals surface area contributed by atoms with Gasteiger partial charge in [0, 0.05) is 13.0 Å². The Hall–Kier alpha value is -3.86. The van der Waals surface area contributed by atoms with Gasteiger partial charge in [-0.1, -0.05) is 60.7 Å². The molecule has 148 valence electrons. The molecular weight excluding hydrogens is 376 g/mol. The number of para-hydroxylation sites is 4. The summed E-state index contributed by atoms with van der Waals surface area (Å²) in [4.78, 5) is 27.3. The van der Waals surface area contributed by atoms with Crippen molar-refractivity contribution in [2.75, 3.05) is 4.90 Å². The Morgan fingerprint density at radius 1 is 0.800 bits per heavy atom. The summed E-state index contributed by atoms with van der Waals surface area (Å²) < 4.78 is 6.88. The molecule has 0 aliphatic carbocycles. The molecule has 4 aromatic rings. The van der Waals surface area contributed by atoms with Crippen molar-refractivity contribution in [1.29, 1.82) is 0 Å². The highest BCUT2D eigenvalue weighted by Gasteiger charge is 2.23. The van der Waals surface area contributed by atoms with Crippen molar-refractivity contribution < 1.29 is 9.21 Å². The van der Waals surface area contributed by atoms with E-state index in [0.29, 0.717) is 25.0 Å². The smallest absolute Gasteiger partial charge is 0.408 e. The number of aromatic nitrogens is 1. The van der Waals surface area contributed by atoms with E-state index >= 15 is 0 Å². The fourth-order valence-electron chi connectivity index (χ4n) is 3.97. The third-order valence-electron chi connectivity index (χ3n) is 5.39. The van der Waals surface area contributed by atoms with Crippen molar-refractivity contribution in [2.45, 2.75) is 19.4 Å². The number of hydrogen-bond donors (Lipinski definition) is 0. The lowest BCUT2D eigenvalue weighted by Gasteiger charge is -2.25. The van der Waals surface area contributed by atoms with E-state index in [1.807, 2.05) is 78.9 Å². The molecule has 30 heavy (non-hydrogen) atoms. The van der Waals surface area contributed by atoms with Crippen LogP contribution in [0.4, 0.5) is 11.4 Å². The first-order valence-electron chi connectivity index (χ1n) is 10.00. The van der Waals surface area contributed by atoms with Gasteiger partial charge in [0.2, 0.25) is 5.91 Å². The molecule has 0 atom stereocenters. The minimum absolute atomic E-state index is 0.000510. The summed E-state index contributed by atoms with van der Waals surface area (Å²) in [6, 6.07) is 23.1. The Morgan fingerprint density at radius 2 is 1.40 bits per heavy atom. The van der Waals surface area contributed by atoms with E-state index in [2.05, 4.69) is 0 Å². The first kappa shape index (κ1) is 18.2. The second-order valence-electron chi connectivity index (χ2n) is 7.27. The topological polar surface area (TPSA) is 55.5 Å². The van der Waals surface area contributed by atoms with Crippen molar-refractivity contribution in [3.8, 4) is 0 Å². The Morgan fingerprint density at radius 3 is 2.10 bits per heavy atom. The van der Waals surface area contributed by atoms with E-state index in [1.165, 1.54) is 0 Å². The number of nitrogens with zero attached hydrogens (tertiary/aromatic N) is 2. The van der Waals surface area contributed by atoms with Crippen LogP contribution in [0, 0.1) is 0 Å². The van der Waals surface area contributed by atoms with Gasteiger partial charge in [-0.05, 0) is 41.8 Å². The number of oxazole rings is 1.